The standard InChI is InChI=1S/C15H20N4/c1-10-5-8-17-14(9-10)15-18-11(2)13(6-7-16-4)12(3)19-15/h5,8-9,16H,6-7H2,1-4H3. The highest BCUT2D eigenvalue weighted by molar-refractivity contribution is 5.51. The Kier molecular flexibility index (Phi) is 4.22. The van der Waals surface area contributed by atoms with Crippen molar-refractivity contribution in [2.45, 2.75) is 27.2 Å². The maximum Gasteiger partial charge on any atom is 0.178 e. The number of aryl methyl sites for hydroxylation is 3. The van der Waals surface area contributed by atoms with Crippen molar-refractivity contribution in [3.63, 3.8) is 0 Å². The van der Waals surface area contributed by atoms with Crippen LogP contribution in [0.25, 0.3) is 11.5 Å². The molecule has 2 heterocycles. The summed E-state index contributed by atoms with van der Waals surface area (Å²) in [6.07, 6.45) is 2.75. The molecule has 0 aliphatic heterocycles. The fourth-order valence-electron chi connectivity index (χ4n) is 2.12. The summed E-state index contributed by atoms with van der Waals surface area (Å²) in [7, 11) is 1.95. The lowest BCUT2D eigenvalue weighted by atomic mass is 10.1. The van der Waals surface area contributed by atoms with Gasteiger partial charge in [0.05, 0.1) is 0 Å². The summed E-state index contributed by atoms with van der Waals surface area (Å²) >= 11 is 0. The smallest absolute Gasteiger partial charge is 0.178 e. The predicted molar refractivity (Wildman–Crippen MR) is 77.1 cm³/mol. The van der Waals surface area contributed by atoms with Crippen molar-refractivity contribution in [3.8, 4) is 11.5 Å². The van der Waals surface area contributed by atoms with Crippen LogP contribution in [0.2, 0.25) is 0 Å². The molecular formula is C15H20N4. The van der Waals surface area contributed by atoms with Gasteiger partial charge in [0, 0.05) is 17.6 Å². The number of likely N-dealkylation sites (N-methyl/N-ethyl adjacent to an activating group) is 1. The van der Waals surface area contributed by atoms with E-state index < -0.39 is 0 Å². The maximum atomic E-state index is 4.60. The Morgan fingerprint density at radius 1 is 1.11 bits per heavy atom. The van der Waals surface area contributed by atoms with Gasteiger partial charge in [-0.1, -0.05) is 0 Å². The second-order valence-electron chi connectivity index (χ2n) is 4.77. The molecular weight excluding hydrogens is 236 g/mol. The summed E-state index contributed by atoms with van der Waals surface area (Å²) in [4.78, 5) is 13.5. The highest BCUT2D eigenvalue weighted by Crippen LogP contribution is 2.18. The van der Waals surface area contributed by atoms with Crippen LogP contribution in [-0.4, -0.2) is 28.5 Å². The van der Waals surface area contributed by atoms with Gasteiger partial charge in [0.2, 0.25) is 0 Å². The van der Waals surface area contributed by atoms with Crippen LogP contribution in [0.15, 0.2) is 18.3 Å². The second-order valence-corrected chi connectivity index (χ2v) is 4.77. The molecule has 0 aliphatic rings. The zero-order valence-corrected chi connectivity index (χ0v) is 12.0. The molecule has 0 unspecified atom stereocenters. The highest BCUT2D eigenvalue weighted by atomic mass is 14.9. The Labute approximate surface area is 114 Å². The number of hydrogen-bond donors (Lipinski definition) is 1. The third-order valence-corrected chi connectivity index (χ3v) is 3.19. The summed E-state index contributed by atoms with van der Waals surface area (Å²) in [5, 5.41) is 3.16. The van der Waals surface area contributed by atoms with E-state index in [1.165, 1.54) is 11.1 Å². The Bertz CT molecular complexity index is 555. The van der Waals surface area contributed by atoms with Crippen LogP contribution >= 0.6 is 0 Å². The van der Waals surface area contributed by atoms with E-state index >= 15 is 0 Å². The van der Waals surface area contributed by atoms with Crippen LogP contribution in [0, 0.1) is 20.8 Å². The minimum absolute atomic E-state index is 0.715. The molecule has 4 nitrogen and oxygen atoms in total. The van der Waals surface area contributed by atoms with E-state index in [0.29, 0.717) is 5.82 Å². The van der Waals surface area contributed by atoms with Crippen molar-refractivity contribution < 1.29 is 0 Å². The summed E-state index contributed by atoms with van der Waals surface area (Å²) in [5.41, 5.74) is 5.32. The van der Waals surface area contributed by atoms with Gasteiger partial charge in [-0.05, 0) is 64.0 Å². The summed E-state index contributed by atoms with van der Waals surface area (Å²) < 4.78 is 0. The maximum absolute atomic E-state index is 4.60. The molecule has 2 rings (SSSR count). The van der Waals surface area contributed by atoms with Crippen LogP contribution in [0.4, 0.5) is 0 Å². The van der Waals surface area contributed by atoms with E-state index in [1.807, 2.05) is 40.0 Å². The number of hydrogen-bond acceptors (Lipinski definition) is 4. The van der Waals surface area contributed by atoms with Gasteiger partial charge in [0.1, 0.15) is 5.69 Å². The monoisotopic (exact) mass is 256 g/mol. The van der Waals surface area contributed by atoms with Gasteiger partial charge in [-0.3, -0.25) is 4.98 Å². The van der Waals surface area contributed by atoms with Gasteiger partial charge >= 0.3 is 0 Å². The SMILES string of the molecule is CNCCc1c(C)nc(-c2cc(C)ccn2)nc1C. The Balaban J connectivity index is 2.39. The molecule has 100 valence electrons. The van der Waals surface area contributed by atoms with Crippen LogP contribution < -0.4 is 5.32 Å². The number of aromatic nitrogens is 3. The topological polar surface area (TPSA) is 50.7 Å². The Morgan fingerprint density at radius 2 is 1.79 bits per heavy atom. The van der Waals surface area contributed by atoms with E-state index in [0.717, 1.165) is 30.0 Å². The van der Waals surface area contributed by atoms with Crippen LogP contribution in [0.5, 0.6) is 0 Å². The lowest BCUT2D eigenvalue weighted by Gasteiger charge is -2.10. The average Bonchev–Trinajstić information content (AvgIpc) is 2.37. The normalized spacial score (nSPS) is 10.7. The summed E-state index contributed by atoms with van der Waals surface area (Å²) in [5.74, 6) is 0.715. The highest BCUT2D eigenvalue weighted by Gasteiger charge is 2.10. The third kappa shape index (κ3) is 3.15. The van der Waals surface area contributed by atoms with Gasteiger partial charge < -0.3 is 5.32 Å². The van der Waals surface area contributed by atoms with Crippen molar-refractivity contribution in [1.82, 2.24) is 20.3 Å². The van der Waals surface area contributed by atoms with Crippen LogP contribution in [-0.2, 0) is 6.42 Å². The number of nitrogens with zero attached hydrogens (tertiary/aromatic N) is 3. The summed E-state index contributed by atoms with van der Waals surface area (Å²) in [6, 6.07) is 3.99. The van der Waals surface area contributed by atoms with E-state index in [9.17, 15) is 0 Å². The Morgan fingerprint density at radius 3 is 2.37 bits per heavy atom. The first-order valence-electron chi connectivity index (χ1n) is 6.53. The van der Waals surface area contributed by atoms with Crippen molar-refractivity contribution in [2.75, 3.05) is 13.6 Å². The molecule has 0 saturated carbocycles. The van der Waals surface area contributed by atoms with Gasteiger partial charge in [-0.25, -0.2) is 9.97 Å². The lowest BCUT2D eigenvalue weighted by molar-refractivity contribution is 0.774. The molecule has 0 radical (unpaired) electrons. The van der Waals surface area contributed by atoms with E-state index in [4.69, 9.17) is 0 Å². The quantitative estimate of drug-likeness (QED) is 0.911. The molecule has 2 aromatic rings. The fraction of sp³-hybridized carbons (Fsp3) is 0.400. The number of rotatable bonds is 4. The molecule has 19 heavy (non-hydrogen) atoms. The molecule has 0 atom stereocenters. The van der Waals surface area contributed by atoms with Crippen molar-refractivity contribution in [2.24, 2.45) is 0 Å². The van der Waals surface area contributed by atoms with E-state index in [-0.39, 0.29) is 0 Å². The first-order valence-corrected chi connectivity index (χ1v) is 6.53. The number of nitrogens with one attached hydrogen (secondary N) is 1. The fourth-order valence-corrected chi connectivity index (χ4v) is 2.12. The lowest BCUT2D eigenvalue weighted by Crippen LogP contribution is -2.13. The number of pyridine rings is 1. The minimum atomic E-state index is 0.715. The molecule has 0 aliphatic carbocycles. The zero-order chi connectivity index (χ0) is 13.8. The molecule has 0 amide bonds. The predicted octanol–water partition coefficient (Wildman–Crippen LogP) is 2.23. The van der Waals surface area contributed by atoms with E-state index in [2.05, 4.69) is 20.3 Å². The largest absolute Gasteiger partial charge is 0.319 e. The first kappa shape index (κ1) is 13.6. The van der Waals surface area contributed by atoms with E-state index in [1.54, 1.807) is 6.20 Å². The molecule has 0 aromatic carbocycles. The van der Waals surface area contributed by atoms with Gasteiger partial charge in [0.25, 0.3) is 0 Å². The third-order valence-electron chi connectivity index (χ3n) is 3.19. The van der Waals surface area contributed by atoms with Gasteiger partial charge in [-0.2, -0.15) is 0 Å². The molecule has 0 saturated heterocycles. The van der Waals surface area contributed by atoms with Crippen molar-refractivity contribution in [3.05, 3.63) is 40.8 Å². The molecule has 0 fully saturated rings. The minimum Gasteiger partial charge on any atom is -0.319 e. The van der Waals surface area contributed by atoms with Crippen LogP contribution in [0.3, 0.4) is 0 Å². The average molecular weight is 256 g/mol. The first-order chi connectivity index (χ1) is 9.11. The van der Waals surface area contributed by atoms with Gasteiger partial charge in [-0.15, -0.1) is 0 Å². The molecule has 4 heteroatoms. The Hall–Kier alpha value is -1.81. The molecule has 0 bridgehead atoms. The van der Waals surface area contributed by atoms with Crippen molar-refractivity contribution in [1.29, 1.82) is 0 Å². The molecule has 0 spiro atoms. The second kappa shape index (κ2) is 5.89. The summed E-state index contributed by atoms with van der Waals surface area (Å²) in [6.45, 7) is 7.07. The van der Waals surface area contributed by atoms with Crippen molar-refractivity contribution >= 4 is 0 Å². The molecule has 2 aromatic heterocycles. The van der Waals surface area contributed by atoms with Gasteiger partial charge in [0.15, 0.2) is 5.82 Å². The van der Waals surface area contributed by atoms with Crippen LogP contribution in [0.1, 0.15) is 22.5 Å². The molecule has 1 N–H and O–H groups in total. The zero-order valence-electron chi connectivity index (χ0n) is 12.0.